The minimum atomic E-state index is -1.65. The van der Waals surface area contributed by atoms with Crippen LogP contribution in [0.2, 0.25) is 0 Å². The number of carbonyl (C=O) groups is 2. The lowest BCUT2D eigenvalue weighted by Gasteiger charge is -2.41. The summed E-state index contributed by atoms with van der Waals surface area (Å²) in [4.78, 5) is 26.3. The standard InChI is InChI=1S/C57H91NO10/c1-4-7-10-13-16-19-22-25-26-27-30-33-36-39-42-45-52(62)68-55-54(64)53(63)51(46-59)67-57(55)66-47-48(49(60)43-40-37-34-31-28-23-20-17-14-11-8-5-2)58-56(65)50(61)44-41-38-35-32-29-24-21-18-15-12-9-6-3/h7,9-10,12-13,15-16,18-19,21-22,24-27,29-30,32,40,43,48-51,53-55,57,59-61,63-64H,4-6,8,11,14,17,20,23,28,31,33-39,41-42,44-47H2,1-3H3,(H,58,65)/b10-7+,12-9+,16-13+,18-15+,22-19-,24-21-,26-25-,30-27+,32-29-,43-40+. The Morgan fingerprint density at radius 1 is 0.588 bits per heavy atom. The molecule has 0 aromatic rings. The molecule has 1 heterocycles. The van der Waals surface area contributed by atoms with Gasteiger partial charge in [-0.1, -0.05) is 213 Å². The molecule has 1 amide bonds. The normalized spacial score (nSPS) is 21.0. The first-order chi connectivity index (χ1) is 33.2. The van der Waals surface area contributed by atoms with E-state index in [1.54, 1.807) is 6.08 Å². The monoisotopic (exact) mass is 950 g/mol. The van der Waals surface area contributed by atoms with E-state index in [9.17, 15) is 35.1 Å². The molecule has 6 N–H and O–H groups in total. The van der Waals surface area contributed by atoms with Crippen LogP contribution in [-0.2, 0) is 23.8 Å². The quantitative estimate of drug-likeness (QED) is 0.0150. The number of rotatable bonds is 40. The van der Waals surface area contributed by atoms with Gasteiger partial charge in [0, 0.05) is 6.42 Å². The third kappa shape index (κ3) is 32.7. The maximum absolute atomic E-state index is 13.3. The van der Waals surface area contributed by atoms with Gasteiger partial charge in [-0.2, -0.15) is 0 Å². The van der Waals surface area contributed by atoms with Crippen LogP contribution in [0.4, 0.5) is 0 Å². The molecule has 68 heavy (non-hydrogen) atoms. The van der Waals surface area contributed by atoms with Crippen molar-refractivity contribution in [2.45, 2.75) is 211 Å². The van der Waals surface area contributed by atoms with Crippen molar-refractivity contribution >= 4 is 11.9 Å². The number of amides is 1. The van der Waals surface area contributed by atoms with Gasteiger partial charge >= 0.3 is 5.97 Å². The SMILES string of the molecule is CC/C=C/C=C/C=C\C=C/C=C/CCCCCC(=O)OC1C(OCC(NC(=O)C(O)CCCC\C=C/C=C\C=C\C=C\CC)C(O)/C=C/CCCCCCCCCCCC)OC(CO)C(O)C1O. The zero-order chi connectivity index (χ0) is 49.7. The van der Waals surface area contributed by atoms with E-state index in [-0.39, 0.29) is 19.4 Å². The van der Waals surface area contributed by atoms with Gasteiger partial charge in [0.2, 0.25) is 5.91 Å². The lowest BCUT2D eigenvalue weighted by Crippen LogP contribution is -2.61. The third-order valence-electron chi connectivity index (χ3n) is 11.3. The Balaban J connectivity index is 2.86. The molecule has 0 bridgehead atoms. The first-order valence-corrected chi connectivity index (χ1v) is 25.9. The van der Waals surface area contributed by atoms with Gasteiger partial charge in [0.15, 0.2) is 12.4 Å². The van der Waals surface area contributed by atoms with Crippen LogP contribution in [-0.4, -0.2) is 99.6 Å². The van der Waals surface area contributed by atoms with Gasteiger partial charge in [-0.05, 0) is 64.2 Å². The molecule has 0 radical (unpaired) electrons. The van der Waals surface area contributed by atoms with E-state index in [1.807, 2.05) is 97.2 Å². The Hall–Kier alpha value is -3.94. The van der Waals surface area contributed by atoms with E-state index in [0.717, 1.165) is 70.6 Å². The highest BCUT2D eigenvalue weighted by atomic mass is 16.7. The molecule has 1 aliphatic heterocycles. The molecule has 0 aliphatic carbocycles. The van der Waals surface area contributed by atoms with Gasteiger partial charge in [0.25, 0.3) is 0 Å². The van der Waals surface area contributed by atoms with Crippen LogP contribution in [0.5, 0.6) is 0 Å². The summed E-state index contributed by atoms with van der Waals surface area (Å²) in [6.45, 7) is 5.39. The topological polar surface area (TPSA) is 175 Å². The van der Waals surface area contributed by atoms with Crippen molar-refractivity contribution in [3.8, 4) is 0 Å². The second-order valence-corrected chi connectivity index (χ2v) is 17.4. The van der Waals surface area contributed by atoms with E-state index in [0.29, 0.717) is 12.8 Å². The van der Waals surface area contributed by atoms with Gasteiger partial charge in [-0.25, -0.2) is 0 Å². The molecule has 8 unspecified atom stereocenters. The fourth-order valence-corrected chi connectivity index (χ4v) is 7.21. The van der Waals surface area contributed by atoms with E-state index in [1.165, 1.54) is 44.9 Å². The number of hydrogen-bond acceptors (Lipinski definition) is 10. The van der Waals surface area contributed by atoms with Crippen LogP contribution >= 0.6 is 0 Å². The number of aliphatic hydroxyl groups excluding tert-OH is 5. The molecule has 384 valence electrons. The Morgan fingerprint density at radius 3 is 1.59 bits per heavy atom. The van der Waals surface area contributed by atoms with Crippen LogP contribution in [0.25, 0.3) is 0 Å². The highest BCUT2D eigenvalue weighted by Gasteiger charge is 2.47. The average Bonchev–Trinajstić information content (AvgIpc) is 3.33. The summed E-state index contributed by atoms with van der Waals surface area (Å²) in [7, 11) is 0. The number of aliphatic hydroxyl groups is 5. The van der Waals surface area contributed by atoms with Crippen LogP contribution in [0.3, 0.4) is 0 Å². The fraction of sp³-hybridized carbons (Fsp3) is 0.614. The number of esters is 1. The predicted octanol–water partition coefficient (Wildman–Crippen LogP) is 10.8. The molecule has 0 aromatic heterocycles. The highest BCUT2D eigenvalue weighted by molar-refractivity contribution is 5.80. The van der Waals surface area contributed by atoms with Crippen LogP contribution in [0.15, 0.2) is 122 Å². The Bertz CT molecular complexity index is 1560. The molecule has 11 nitrogen and oxygen atoms in total. The lowest BCUT2D eigenvalue weighted by molar-refractivity contribution is -0.305. The van der Waals surface area contributed by atoms with Crippen molar-refractivity contribution in [2.24, 2.45) is 0 Å². The van der Waals surface area contributed by atoms with E-state index < -0.39 is 67.4 Å². The number of allylic oxidation sites excluding steroid dienone is 19. The molecule has 11 heteroatoms. The first kappa shape index (κ1) is 62.1. The molecule has 0 saturated carbocycles. The Kier molecular flexibility index (Phi) is 40.4. The number of nitrogens with one attached hydrogen (secondary N) is 1. The van der Waals surface area contributed by atoms with Crippen molar-refractivity contribution in [3.05, 3.63) is 122 Å². The Morgan fingerprint density at radius 2 is 1.06 bits per heavy atom. The largest absolute Gasteiger partial charge is 0.454 e. The summed E-state index contributed by atoms with van der Waals surface area (Å²) in [5.41, 5.74) is 0. The second kappa shape index (κ2) is 44.3. The predicted molar refractivity (Wildman–Crippen MR) is 278 cm³/mol. The third-order valence-corrected chi connectivity index (χ3v) is 11.3. The molecule has 1 rings (SSSR count). The van der Waals surface area contributed by atoms with Crippen molar-refractivity contribution < 1.29 is 49.3 Å². The second-order valence-electron chi connectivity index (χ2n) is 17.4. The number of hydrogen-bond donors (Lipinski definition) is 6. The lowest BCUT2D eigenvalue weighted by atomic mass is 9.99. The Labute approximate surface area is 410 Å². The molecule has 0 spiro atoms. The van der Waals surface area contributed by atoms with Crippen molar-refractivity contribution in [1.29, 1.82) is 0 Å². The zero-order valence-corrected chi connectivity index (χ0v) is 41.9. The molecule has 0 aromatic carbocycles. The smallest absolute Gasteiger partial charge is 0.306 e. The van der Waals surface area contributed by atoms with Gasteiger partial charge in [0.1, 0.15) is 24.4 Å². The summed E-state index contributed by atoms with van der Waals surface area (Å²) in [6, 6.07) is -1.06. The summed E-state index contributed by atoms with van der Waals surface area (Å²) in [5, 5.41) is 56.5. The van der Waals surface area contributed by atoms with Crippen LogP contribution < -0.4 is 5.32 Å². The van der Waals surface area contributed by atoms with E-state index in [4.69, 9.17) is 14.2 Å². The molecule has 8 atom stereocenters. The average molecular weight is 950 g/mol. The van der Waals surface area contributed by atoms with Crippen molar-refractivity contribution in [2.75, 3.05) is 13.2 Å². The van der Waals surface area contributed by atoms with Crippen LogP contribution in [0, 0.1) is 0 Å². The minimum Gasteiger partial charge on any atom is -0.454 e. The summed E-state index contributed by atoms with van der Waals surface area (Å²) >= 11 is 0. The van der Waals surface area contributed by atoms with E-state index in [2.05, 4.69) is 44.3 Å². The molecular weight excluding hydrogens is 859 g/mol. The van der Waals surface area contributed by atoms with Crippen molar-refractivity contribution in [1.82, 2.24) is 5.32 Å². The number of unbranched alkanes of at least 4 members (excludes halogenated alkanes) is 15. The summed E-state index contributed by atoms with van der Waals surface area (Å²) in [6.07, 6.45) is 49.7. The van der Waals surface area contributed by atoms with Crippen molar-refractivity contribution in [3.63, 3.8) is 0 Å². The molecular formula is C57H91NO10. The van der Waals surface area contributed by atoms with E-state index >= 15 is 0 Å². The first-order valence-electron chi connectivity index (χ1n) is 25.9. The van der Waals surface area contributed by atoms with Gasteiger partial charge in [-0.15, -0.1) is 0 Å². The molecule has 1 fully saturated rings. The zero-order valence-electron chi connectivity index (χ0n) is 41.9. The summed E-state index contributed by atoms with van der Waals surface area (Å²) in [5.74, 6) is -1.30. The number of ether oxygens (including phenoxy) is 3. The minimum absolute atomic E-state index is 0.0616. The van der Waals surface area contributed by atoms with Gasteiger partial charge < -0.3 is 45.1 Å². The highest BCUT2D eigenvalue weighted by Crippen LogP contribution is 2.26. The summed E-state index contributed by atoms with van der Waals surface area (Å²) < 4.78 is 17.4. The van der Waals surface area contributed by atoms with Crippen LogP contribution in [0.1, 0.15) is 162 Å². The number of carbonyl (C=O) groups excluding carboxylic acids is 2. The maximum atomic E-state index is 13.3. The molecule has 1 saturated heterocycles. The van der Waals surface area contributed by atoms with Gasteiger partial charge in [0.05, 0.1) is 25.4 Å². The molecule has 1 aliphatic rings. The maximum Gasteiger partial charge on any atom is 0.306 e. The van der Waals surface area contributed by atoms with Gasteiger partial charge in [-0.3, -0.25) is 9.59 Å². The fourth-order valence-electron chi connectivity index (χ4n) is 7.21.